The van der Waals surface area contributed by atoms with Crippen molar-refractivity contribution >= 4 is 17.3 Å². The number of carbonyl (C=O) groups excluding carboxylic acids is 1. The third-order valence-electron chi connectivity index (χ3n) is 2.54. The van der Waals surface area contributed by atoms with E-state index < -0.39 is 4.92 Å². The summed E-state index contributed by atoms with van der Waals surface area (Å²) in [6.07, 6.45) is 0.428. The number of anilines is 1. The van der Waals surface area contributed by atoms with Crippen molar-refractivity contribution in [3.05, 3.63) is 34.4 Å². The first-order valence-electron chi connectivity index (χ1n) is 5.27. The Labute approximate surface area is 97.7 Å². The molecule has 2 rings (SSSR count). The fourth-order valence-corrected chi connectivity index (χ4v) is 1.54. The molecule has 0 unspecified atom stereocenters. The SMILES string of the molecule is O=C(CC1COC1)Nc1ccc([N+](=O)[O-])cc1. The Morgan fingerprint density at radius 1 is 1.41 bits per heavy atom. The minimum Gasteiger partial charge on any atom is -0.381 e. The van der Waals surface area contributed by atoms with E-state index in [1.807, 2.05) is 0 Å². The smallest absolute Gasteiger partial charge is 0.269 e. The zero-order valence-corrected chi connectivity index (χ0v) is 9.09. The van der Waals surface area contributed by atoms with E-state index in [1.165, 1.54) is 24.3 Å². The van der Waals surface area contributed by atoms with Crippen molar-refractivity contribution in [1.82, 2.24) is 0 Å². The Morgan fingerprint density at radius 3 is 2.53 bits per heavy atom. The maximum absolute atomic E-state index is 11.5. The van der Waals surface area contributed by atoms with E-state index in [0.29, 0.717) is 31.2 Å². The van der Waals surface area contributed by atoms with Crippen molar-refractivity contribution in [2.45, 2.75) is 6.42 Å². The molecule has 1 aliphatic heterocycles. The molecule has 6 heteroatoms. The molecule has 1 heterocycles. The largest absolute Gasteiger partial charge is 0.381 e. The van der Waals surface area contributed by atoms with E-state index in [-0.39, 0.29) is 11.6 Å². The fourth-order valence-electron chi connectivity index (χ4n) is 1.54. The molecule has 0 spiro atoms. The van der Waals surface area contributed by atoms with Crippen LogP contribution in [0.3, 0.4) is 0 Å². The van der Waals surface area contributed by atoms with Gasteiger partial charge in [-0.15, -0.1) is 0 Å². The molecule has 0 radical (unpaired) electrons. The molecule has 1 fully saturated rings. The number of carbonyl (C=O) groups is 1. The van der Waals surface area contributed by atoms with Gasteiger partial charge in [-0.05, 0) is 12.1 Å². The van der Waals surface area contributed by atoms with Gasteiger partial charge in [0, 0.05) is 30.2 Å². The molecule has 0 bridgehead atoms. The molecule has 0 saturated carbocycles. The number of non-ortho nitro benzene ring substituents is 1. The fraction of sp³-hybridized carbons (Fsp3) is 0.364. The normalized spacial score (nSPS) is 15.1. The van der Waals surface area contributed by atoms with Crippen LogP contribution >= 0.6 is 0 Å². The predicted octanol–water partition coefficient (Wildman–Crippen LogP) is 1.57. The van der Waals surface area contributed by atoms with Gasteiger partial charge in [0.15, 0.2) is 0 Å². The molecule has 90 valence electrons. The first kappa shape index (κ1) is 11.5. The highest BCUT2D eigenvalue weighted by Gasteiger charge is 2.21. The van der Waals surface area contributed by atoms with Crippen LogP contribution in [0.2, 0.25) is 0 Å². The van der Waals surface area contributed by atoms with Crippen LogP contribution in [-0.2, 0) is 9.53 Å². The summed E-state index contributed by atoms with van der Waals surface area (Å²) in [5.74, 6) is 0.209. The number of rotatable bonds is 4. The molecule has 1 saturated heterocycles. The molecule has 0 aliphatic carbocycles. The van der Waals surface area contributed by atoms with Crippen molar-refractivity contribution in [1.29, 1.82) is 0 Å². The molecule has 6 nitrogen and oxygen atoms in total. The van der Waals surface area contributed by atoms with Crippen molar-refractivity contribution in [2.75, 3.05) is 18.5 Å². The molecular formula is C11H12N2O4. The summed E-state index contributed by atoms with van der Waals surface area (Å²) >= 11 is 0. The first-order valence-corrected chi connectivity index (χ1v) is 5.27. The highest BCUT2D eigenvalue weighted by molar-refractivity contribution is 5.91. The summed E-state index contributed by atoms with van der Waals surface area (Å²) < 4.78 is 4.97. The van der Waals surface area contributed by atoms with E-state index in [2.05, 4.69) is 5.32 Å². The third kappa shape index (κ3) is 3.01. The summed E-state index contributed by atoms with van der Waals surface area (Å²) in [7, 11) is 0. The Kier molecular flexibility index (Phi) is 3.34. The lowest BCUT2D eigenvalue weighted by molar-refractivity contribution is -0.384. The number of nitrogens with zero attached hydrogens (tertiary/aromatic N) is 1. The Hall–Kier alpha value is -1.95. The summed E-state index contributed by atoms with van der Waals surface area (Å²) in [6.45, 7) is 1.27. The summed E-state index contributed by atoms with van der Waals surface area (Å²) in [5.41, 5.74) is 0.580. The lowest BCUT2D eigenvalue weighted by atomic mass is 10.0. The Morgan fingerprint density at radius 2 is 2.06 bits per heavy atom. The average molecular weight is 236 g/mol. The van der Waals surface area contributed by atoms with Crippen molar-refractivity contribution in [3.63, 3.8) is 0 Å². The van der Waals surface area contributed by atoms with E-state index in [0.717, 1.165) is 0 Å². The highest BCUT2D eigenvalue weighted by atomic mass is 16.6. The van der Waals surface area contributed by atoms with Gasteiger partial charge >= 0.3 is 0 Å². The van der Waals surface area contributed by atoms with Gasteiger partial charge in [-0.3, -0.25) is 14.9 Å². The number of benzene rings is 1. The number of hydrogen-bond acceptors (Lipinski definition) is 4. The van der Waals surface area contributed by atoms with Crippen LogP contribution in [-0.4, -0.2) is 24.0 Å². The lowest BCUT2D eigenvalue weighted by Crippen LogP contribution is -2.31. The standard InChI is InChI=1S/C11H12N2O4/c14-11(5-8-6-17-7-8)12-9-1-3-10(4-2-9)13(15)16/h1-4,8H,5-7H2,(H,12,14). The first-order chi connectivity index (χ1) is 8.15. The van der Waals surface area contributed by atoms with Gasteiger partial charge < -0.3 is 10.1 Å². The number of hydrogen-bond donors (Lipinski definition) is 1. The maximum atomic E-state index is 11.5. The van der Waals surface area contributed by atoms with Gasteiger partial charge in [-0.25, -0.2) is 0 Å². The van der Waals surface area contributed by atoms with Crippen LogP contribution in [0, 0.1) is 16.0 Å². The lowest BCUT2D eigenvalue weighted by Gasteiger charge is -2.25. The summed E-state index contributed by atoms with van der Waals surface area (Å²) in [6, 6.07) is 5.77. The summed E-state index contributed by atoms with van der Waals surface area (Å²) in [5, 5.41) is 13.1. The molecule has 1 aromatic rings. The van der Waals surface area contributed by atoms with Crippen LogP contribution in [0.5, 0.6) is 0 Å². The Balaban J connectivity index is 1.89. The molecule has 1 aliphatic rings. The molecule has 1 aromatic carbocycles. The van der Waals surface area contributed by atoms with E-state index in [4.69, 9.17) is 4.74 Å². The zero-order chi connectivity index (χ0) is 12.3. The maximum Gasteiger partial charge on any atom is 0.269 e. The number of nitrogens with one attached hydrogen (secondary N) is 1. The van der Waals surface area contributed by atoms with Crippen LogP contribution in [0.4, 0.5) is 11.4 Å². The van der Waals surface area contributed by atoms with Crippen molar-refractivity contribution in [2.24, 2.45) is 5.92 Å². The number of ether oxygens (including phenoxy) is 1. The second-order valence-corrected chi connectivity index (χ2v) is 3.96. The monoisotopic (exact) mass is 236 g/mol. The number of nitro groups is 1. The van der Waals surface area contributed by atoms with E-state index in [9.17, 15) is 14.9 Å². The topological polar surface area (TPSA) is 81.5 Å². The average Bonchev–Trinajstić information content (AvgIpc) is 2.24. The molecule has 17 heavy (non-hydrogen) atoms. The molecule has 0 atom stereocenters. The van der Waals surface area contributed by atoms with Crippen molar-refractivity contribution in [3.8, 4) is 0 Å². The minimum atomic E-state index is -0.475. The van der Waals surface area contributed by atoms with Crippen LogP contribution in [0.1, 0.15) is 6.42 Å². The number of amides is 1. The van der Waals surface area contributed by atoms with Gasteiger partial charge in [0.05, 0.1) is 18.1 Å². The van der Waals surface area contributed by atoms with Gasteiger partial charge in [0.2, 0.25) is 5.91 Å². The molecule has 1 N–H and O–H groups in total. The Bertz CT molecular complexity index is 426. The van der Waals surface area contributed by atoms with Gasteiger partial charge in [-0.1, -0.05) is 0 Å². The summed E-state index contributed by atoms with van der Waals surface area (Å²) in [4.78, 5) is 21.5. The second kappa shape index (κ2) is 4.92. The van der Waals surface area contributed by atoms with Crippen LogP contribution in [0.25, 0.3) is 0 Å². The van der Waals surface area contributed by atoms with E-state index >= 15 is 0 Å². The zero-order valence-electron chi connectivity index (χ0n) is 9.09. The molecule has 0 aromatic heterocycles. The highest BCUT2D eigenvalue weighted by Crippen LogP contribution is 2.18. The molecule has 1 amide bonds. The quantitative estimate of drug-likeness (QED) is 0.635. The predicted molar refractivity (Wildman–Crippen MR) is 60.7 cm³/mol. The van der Waals surface area contributed by atoms with Crippen LogP contribution in [0.15, 0.2) is 24.3 Å². The van der Waals surface area contributed by atoms with Crippen molar-refractivity contribution < 1.29 is 14.5 Å². The minimum absolute atomic E-state index is 0.00962. The van der Waals surface area contributed by atoms with E-state index in [1.54, 1.807) is 0 Å². The van der Waals surface area contributed by atoms with Gasteiger partial charge in [0.25, 0.3) is 5.69 Å². The van der Waals surface area contributed by atoms with Crippen LogP contribution < -0.4 is 5.32 Å². The third-order valence-corrected chi connectivity index (χ3v) is 2.54. The molecular weight excluding hydrogens is 224 g/mol. The van der Waals surface area contributed by atoms with Gasteiger partial charge in [0.1, 0.15) is 0 Å². The second-order valence-electron chi connectivity index (χ2n) is 3.96. The number of nitro benzene ring substituents is 1. The van der Waals surface area contributed by atoms with Gasteiger partial charge in [-0.2, -0.15) is 0 Å².